The Morgan fingerprint density at radius 2 is 1.82 bits per heavy atom. The highest BCUT2D eigenvalue weighted by Gasteiger charge is 2.20. The monoisotopic (exact) mass is 485 g/mol. The van der Waals surface area contributed by atoms with Gasteiger partial charge in [0.1, 0.15) is 5.15 Å². The molecule has 0 radical (unpaired) electrons. The van der Waals surface area contributed by atoms with E-state index in [0.29, 0.717) is 33.5 Å². The Morgan fingerprint density at radius 1 is 1.12 bits per heavy atom. The molecule has 7 nitrogen and oxygen atoms in total. The van der Waals surface area contributed by atoms with Crippen molar-refractivity contribution < 1.29 is 9.69 Å². The van der Waals surface area contributed by atoms with E-state index in [9.17, 15) is 4.79 Å². The fourth-order valence-electron chi connectivity index (χ4n) is 3.93. The fourth-order valence-corrected chi connectivity index (χ4v) is 4.46. The molecule has 0 aliphatic carbocycles. The third kappa shape index (κ3) is 5.74. The molecule has 4 rings (SSSR count). The van der Waals surface area contributed by atoms with Crippen molar-refractivity contribution in [1.82, 2.24) is 15.2 Å². The Balaban J connectivity index is 1.26. The molecule has 0 spiro atoms. The van der Waals surface area contributed by atoms with Gasteiger partial charge in [0.15, 0.2) is 0 Å². The summed E-state index contributed by atoms with van der Waals surface area (Å²) >= 11 is 12.8. The summed E-state index contributed by atoms with van der Waals surface area (Å²) in [5, 5.41) is 9.48. The number of hydrazone groups is 1. The summed E-state index contributed by atoms with van der Waals surface area (Å²) in [6.45, 7) is 6.64. The number of nitrogens with one attached hydrogen (secondary N) is 2. The van der Waals surface area contributed by atoms with Crippen LogP contribution in [0.1, 0.15) is 17.7 Å². The van der Waals surface area contributed by atoms with Gasteiger partial charge in [-0.3, -0.25) is 4.79 Å². The number of nitrogens with zero attached hydrogens (tertiary/aromatic N) is 4. The van der Waals surface area contributed by atoms with Crippen molar-refractivity contribution in [2.24, 2.45) is 5.10 Å². The van der Waals surface area contributed by atoms with Gasteiger partial charge in [0, 0.05) is 5.69 Å². The predicted octanol–water partition coefficient (Wildman–Crippen LogP) is 2.73. The van der Waals surface area contributed by atoms with Crippen LogP contribution >= 0.6 is 23.2 Å². The molecule has 3 aromatic rings. The molecule has 1 aliphatic heterocycles. The number of piperazine rings is 1. The third-order valence-electron chi connectivity index (χ3n) is 5.81. The maximum atomic E-state index is 12.3. The quantitative estimate of drug-likeness (QED) is 0.399. The minimum Gasteiger partial charge on any atom is -0.360 e. The molecule has 9 heteroatoms. The summed E-state index contributed by atoms with van der Waals surface area (Å²) in [7, 11) is 0. The molecule has 0 bridgehead atoms. The van der Waals surface area contributed by atoms with Gasteiger partial charge in [0.2, 0.25) is 5.91 Å². The fraction of sp³-hybridized carbons (Fsp3) is 0.292. The zero-order valence-corrected chi connectivity index (χ0v) is 20.0. The number of hydrogen-bond acceptors (Lipinski definition) is 4. The van der Waals surface area contributed by atoms with Crippen LogP contribution in [0.4, 0.5) is 5.69 Å². The number of anilines is 1. The van der Waals surface area contributed by atoms with Crippen LogP contribution in [0.5, 0.6) is 0 Å². The SMILES string of the molecule is Cc1nn(-c2ccccc2Cl)c(Cl)c1/C=N\NC(=O)CC[NH+]1CCN(c2ccccc2)CC1. The number of aromatic nitrogens is 2. The molecule has 172 valence electrons. The number of hydrogen-bond donors (Lipinski definition) is 2. The standard InChI is InChI=1S/C24H26Cl2N6O/c1-18-20(24(26)32(29-18)22-10-6-5-9-21(22)25)17-27-28-23(33)11-12-30-13-15-31(16-14-30)19-7-3-2-4-8-19/h2-10,17H,11-16H2,1H3,(H,28,33)/p+1/b27-17-. The van der Waals surface area contributed by atoms with Gasteiger partial charge >= 0.3 is 0 Å². The van der Waals surface area contributed by atoms with Crippen molar-refractivity contribution in [2.75, 3.05) is 37.6 Å². The van der Waals surface area contributed by atoms with E-state index in [4.69, 9.17) is 23.2 Å². The van der Waals surface area contributed by atoms with Gasteiger partial charge in [-0.05, 0) is 31.2 Å². The molecule has 0 atom stereocenters. The summed E-state index contributed by atoms with van der Waals surface area (Å²) in [6, 6.07) is 17.8. The Morgan fingerprint density at radius 3 is 2.55 bits per heavy atom. The molecule has 1 saturated heterocycles. The lowest BCUT2D eigenvalue weighted by atomic mass is 10.2. The molecule has 1 amide bonds. The number of rotatable bonds is 7. The van der Waals surface area contributed by atoms with Gasteiger partial charge in [-0.2, -0.15) is 10.2 Å². The first-order valence-corrected chi connectivity index (χ1v) is 11.7. The first kappa shape index (κ1) is 23.3. The number of benzene rings is 2. The topological polar surface area (TPSA) is 67.0 Å². The van der Waals surface area contributed by atoms with E-state index < -0.39 is 0 Å². The number of quaternary nitrogens is 1. The van der Waals surface area contributed by atoms with Gasteiger partial charge in [0.25, 0.3) is 0 Å². The Hall–Kier alpha value is -2.87. The van der Waals surface area contributed by atoms with Crippen molar-refractivity contribution in [2.45, 2.75) is 13.3 Å². The number of amides is 1. The molecular formula is C24H27Cl2N6O+. The van der Waals surface area contributed by atoms with Crippen molar-refractivity contribution >= 4 is 41.0 Å². The van der Waals surface area contributed by atoms with Crippen LogP contribution in [0.3, 0.4) is 0 Å². The van der Waals surface area contributed by atoms with Crippen LogP contribution in [0.25, 0.3) is 5.69 Å². The highest BCUT2D eigenvalue weighted by atomic mass is 35.5. The summed E-state index contributed by atoms with van der Waals surface area (Å²) in [4.78, 5) is 16.1. The third-order valence-corrected chi connectivity index (χ3v) is 6.49. The molecule has 0 saturated carbocycles. The van der Waals surface area contributed by atoms with E-state index in [-0.39, 0.29) is 5.91 Å². The number of halogens is 2. The van der Waals surface area contributed by atoms with Crippen LogP contribution in [0.2, 0.25) is 10.2 Å². The lowest BCUT2D eigenvalue weighted by molar-refractivity contribution is -0.900. The number of para-hydroxylation sites is 2. The van der Waals surface area contributed by atoms with Crippen LogP contribution in [-0.2, 0) is 4.79 Å². The largest absolute Gasteiger partial charge is 0.360 e. The molecule has 1 aliphatic rings. The predicted molar refractivity (Wildman–Crippen MR) is 133 cm³/mol. The van der Waals surface area contributed by atoms with Gasteiger partial charge in [-0.15, -0.1) is 0 Å². The average molecular weight is 486 g/mol. The zero-order chi connectivity index (χ0) is 23.2. The van der Waals surface area contributed by atoms with Gasteiger partial charge < -0.3 is 9.80 Å². The average Bonchev–Trinajstić information content (AvgIpc) is 3.12. The molecule has 2 heterocycles. The minimum atomic E-state index is -0.114. The zero-order valence-electron chi connectivity index (χ0n) is 18.5. The first-order valence-electron chi connectivity index (χ1n) is 11.0. The van der Waals surface area contributed by atoms with Crippen LogP contribution in [0, 0.1) is 6.92 Å². The second-order valence-electron chi connectivity index (χ2n) is 8.02. The summed E-state index contributed by atoms with van der Waals surface area (Å²) in [5.41, 5.74) is 5.88. The number of carbonyl (C=O) groups is 1. The van der Waals surface area contributed by atoms with Crippen molar-refractivity contribution in [3.63, 3.8) is 0 Å². The van der Waals surface area contributed by atoms with Crippen LogP contribution in [-0.4, -0.2) is 54.6 Å². The maximum absolute atomic E-state index is 12.3. The molecule has 1 aromatic heterocycles. The van der Waals surface area contributed by atoms with E-state index in [1.54, 1.807) is 10.7 Å². The van der Waals surface area contributed by atoms with Gasteiger partial charge in [-0.1, -0.05) is 53.5 Å². The maximum Gasteiger partial charge on any atom is 0.245 e. The molecule has 33 heavy (non-hydrogen) atoms. The van der Waals surface area contributed by atoms with Crippen molar-refractivity contribution in [3.8, 4) is 5.69 Å². The Labute approximate surface area is 203 Å². The number of aryl methyl sites for hydroxylation is 1. The first-order chi connectivity index (χ1) is 16.0. The highest BCUT2D eigenvalue weighted by molar-refractivity contribution is 6.34. The van der Waals surface area contributed by atoms with Crippen molar-refractivity contribution in [1.29, 1.82) is 0 Å². The molecule has 2 aromatic carbocycles. The van der Waals surface area contributed by atoms with E-state index in [1.807, 2.05) is 31.2 Å². The van der Waals surface area contributed by atoms with Crippen LogP contribution < -0.4 is 15.2 Å². The molecule has 1 fully saturated rings. The van der Waals surface area contributed by atoms with E-state index in [1.165, 1.54) is 16.8 Å². The minimum absolute atomic E-state index is 0.114. The highest BCUT2D eigenvalue weighted by Crippen LogP contribution is 2.26. The number of carbonyl (C=O) groups excluding carboxylic acids is 1. The molecule has 0 unspecified atom stereocenters. The lowest BCUT2D eigenvalue weighted by Gasteiger charge is -2.33. The summed E-state index contributed by atoms with van der Waals surface area (Å²) in [6.07, 6.45) is 1.95. The van der Waals surface area contributed by atoms with E-state index in [0.717, 1.165) is 32.7 Å². The normalized spacial score (nSPS) is 14.7. The van der Waals surface area contributed by atoms with E-state index in [2.05, 4.69) is 44.8 Å². The second-order valence-corrected chi connectivity index (χ2v) is 8.78. The Kier molecular flexibility index (Phi) is 7.65. The Bertz CT molecular complexity index is 1120. The van der Waals surface area contributed by atoms with Gasteiger partial charge in [-0.25, -0.2) is 10.1 Å². The van der Waals surface area contributed by atoms with Crippen molar-refractivity contribution in [3.05, 3.63) is 76.0 Å². The smallest absolute Gasteiger partial charge is 0.245 e. The summed E-state index contributed by atoms with van der Waals surface area (Å²) in [5.74, 6) is -0.114. The molecule has 2 N–H and O–H groups in total. The second kappa shape index (κ2) is 10.8. The van der Waals surface area contributed by atoms with E-state index >= 15 is 0 Å². The molecular weight excluding hydrogens is 459 g/mol. The lowest BCUT2D eigenvalue weighted by Crippen LogP contribution is -3.15. The summed E-state index contributed by atoms with van der Waals surface area (Å²) < 4.78 is 1.57. The van der Waals surface area contributed by atoms with Crippen LogP contribution in [0.15, 0.2) is 59.7 Å². The van der Waals surface area contributed by atoms with Gasteiger partial charge in [0.05, 0.1) is 67.3 Å².